The van der Waals surface area contributed by atoms with Crippen LogP contribution in [0.1, 0.15) is 43.4 Å². The molecule has 2 aliphatic rings. The zero-order chi connectivity index (χ0) is 21.0. The Hall–Kier alpha value is -2.80. The monoisotopic (exact) mass is 430 g/mol. The van der Waals surface area contributed by atoms with Gasteiger partial charge in [-0.3, -0.25) is 4.98 Å². The van der Waals surface area contributed by atoms with Crippen LogP contribution in [0.2, 0.25) is 0 Å². The van der Waals surface area contributed by atoms with Gasteiger partial charge in [0.25, 0.3) is 0 Å². The average molecular weight is 431 g/mol. The van der Waals surface area contributed by atoms with Gasteiger partial charge in [-0.05, 0) is 53.9 Å². The van der Waals surface area contributed by atoms with Crippen LogP contribution in [0.3, 0.4) is 0 Å². The molecule has 158 valence electrons. The highest BCUT2D eigenvalue weighted by molar-refractivity contribution is 7.26. The van der Waals surface area contributed by atoms with Gasteiger partial charge in [-0.25, -0.2) is 15.0 Å². The number of thiophene rings is 1. The van der Waals surface area contributed by atoms with Crippen LogP contribution in [0.4, 0.5) is 11.6 Å². The van der Waals surface area contributed by atoms with Gasteiger partial charge in [0.15, 0.2) is 0 Å². The van der Waals surface area contributed by atoms with Crippen molar-refractivity contribution in [3.8, 4) is 0 Å². The molecule has 0 atom stereocenters. The number of anilines is 2. The minimum atomic E-state index is 0.259. The fourth-order valence-electron chi connectivity index (χ4n) is 5.10. The molecule has 0 saturated carbocycles. The SMILES string of the molecule is CC1(C)Cc2c(N3CCCC3)nc3sc4c(NCc5cccnc5)ncnc4c3c2C1. The molecule has 0 aromatic carbocycles. The van der Waals surface area contributed by atoms with E-state index in [0.717, 1.165) is 52.4 Å². The summed E-state index contributed by atoms with van der Waals surface area (Å²) in [6.07, 6.45) is 10.1. The molecule has 5 heterocycles. The Morgan fingerprint density at radius 3 is 2.77 bits per heavy atom. The van der Waals surface area contributed by atoms with E-state index in [4.69, 9.17) is 9.97 Å². The van der Waals surface area contributed by atoms with Gasteiger partial charge in [0, 0.05) is 37.4 Å². The molecule has 31 heavy (non-hydrogen) atoms. The quantitative estimate of drug-likeness (QED) is 0.493. The zero-order valence-corrected chi connectivity index (χ0v) is 18.8. The average Bonchev–Trinajstić information content (AvgIpc) is 3.48. The predicted molar refractivity (Wildman–Crippen MR) is 127 cm³/mol. The van der Waals surface area contributed by atoms with Crippen molar-refractivity contribution in [3.63, 3.8) is 0 Å². The van der Waals surface area contributed by atoms with E-state index in [-0.39, 0.29) is 5.41 Å². The van der Waals surface area contributed by atoms with Crippen molar-refractivity contribution < 1.29 is 0 Å². The first kappa shape index (κ1) is 18.9. The van der Waals surface area contributed by atoms with E-state index < -0.39 is 0 Å². The van der Waals surface area contributed by atoms with Gasteiger partial charge < -0.3 is 10.2 Å². The maximum absolute atomic E-state index is 5.23. The fraction of sp³-hybridized carbons (Fsp3) is 0.417. The minimum Gasteiger partial charge on any atom is -0.365 e. The van der Waals surface area contributed by atoms with Gasteiger partial charge in [0.1, 0.15) is 22.8 Å². The van der Waals surface area contributed by atoms with Gasteiger partial charge >= 0.3 is 0 Å². The molecule has 1 aliphatic carbocycles. The molecule has 0 radical (unpaired) electrons. The van der Waals surface area contributed by atoms with Gasteiger partial charge in [-0.2, -0.15) is 0 Å². The van der Waals surface area contributed by atoms with Crippen molar-refractivity contribution in [3.05, 3.63) is 47.5 Å². The largest absolute Gasteiger partial charge is 0.365 e. The van der Waals surface area contributed by atoms with Crippen molar-refractivity contribution in [2.24, 2.45) is 5.41 Å². The fourth-order valence-corrected chi connectivity index (χ4v) is 6.22. The summed E-state index contributed by atoms with van der Waals surface area (Å²) in [5.41, 5.74) is 5.34. The number of nitrogens with zero attached hydrogens (tertiary/aromatic N) is 5. The minimum absolute atomic E-state index is 0.259. The molecule has 1 N–H and O–H groups in total. The number of hydrogen-bond acceptors (Lipinski definition) is 7. The maximum Gasteiger partial charge on any atom is 0.147 e. The van der Waals surface area contributed by atoms with Crippen molar-refractivity contribution in [1.29, 1.82) is 0 Å². The molecule has 6 rings (SSSR count). The van der Waals surface area contributed by atoms with Crippen LogP contribution >= 0.6 is 11.3 Å². The molecule has 0 amide bonds. The smallest absolute Gasteiger partial charge is 0.147 e. The summed E-state index contributed by atoms with van der Waals surface area (Å²) < 4.78 is 1.10. The van der Waals surface area contributed by atoms with Crippen LogP contribution in [-0.2, 0) is 19.4 Å². The van der Waals surface area contributed by atoms with Crippen LogP contribution in [-0.4, -0.2) is 33.0 Å². The molecule has 1 saturated heterocycles. The highest BCUT2D eigenvalue weighted by atomic mass is 32.1. The third kappa shape index (κ3) is 3.22. The zero-order valence-electron chi connectivity index (χ0n) is 18.0. The lowest BCUT2D eigenvalue weighted by molar-refractivity contribution is 0.393. The van der Waals surface area contributed by atoms with E-state index in [9.17, 15) is 0 Å². The van der Waals surface area contributed by atoms with Gasteiger partial charge in [-0.1, -0.05) is 19.9 Å². The Labute approximate surface area is 185 Å². The van der Waals surface area contributed by atoms with Gasteiger partial charge in [0.2, 0.25) is 0 Å². The second kappa shape index (κ2) is 7.12. The molecule has 1 fully saturated rings. The third-order valence-electron chi connectivity index (χ3n) is 6.50. The van der Waals surface area contributed by atoms with Crippen LogP contribution in [0.15, 0.2) is 30.9 Å². The Balaban J connectivity index is 1.50. The Kier molecular flexibility index (Phi) is 4.35. The topological polar surface area (TPSA) is 66.8 Å². The number of rotatable bonds is 4. The molecule has 1 aliphatic heterocycles. The Morgan fingerprint density at radius 1 is 1.13 bits per heavy atom. The second-order valence-electron chi connectivity index (χ2n) is 9.50. The lowest BCUT2D eigenvalue weighted by atomic mass is 9.90. The van der Waals surface area contributed by atoms with Gasteiger partial charge in [0.05, 0.1) is 10.2 Å². The number of aromatic nitrogens is 4. The summed E-state index contributed by atoms with van der Waals surface area (Å²) in [5, 5.41) is 4.75. The first-order chi connectivity index (χ1) is 15.1. The molecular weight excluding hydrogens is 404 g/mol. The van der Waals surface area contributed by atoms with E-state index in [1.165, 1.54) is 35.2 Å². The highest BCUT2D eigenvalue weighted by Gasteiger charge is 2.35. The Morgan fingerprint density at radius 2 is 1.97 bits per heavy atom. The highest BCUT2D eigenvalue weighted by Crippen LogP contribution is 2.48. The summed E-state index contributed by atoms with van der Waals surface area (Å²) in [7, 11) is 0. The molecular formula is C24H26N6S. The lowest BCUT2D eigenvalue weighted by Crippen LogP contribution is -2.21. The molecule has 6 nitrogen and oxygen atoms in total. The number of nitrogens with one attached hydrogen (secondary N) is 1. The normalized spacial score (nSPS) is 17.5. The second-order valence-corrected chi connectivity index (χ2v) is 10.5. The molecule has 0 bridgehead atoms. The predicted octanol–water partition coefficient (Wildman–Crippen LogP) is 4.97. The van der Waals surface area contributed by atoms with Crippen molar-refractivity contribution >= 4 is 43.4 Å². The van der Waals surface area contributed by atoms with Crippen LogP contribution < -0.4 is 10.2 Å². The first-order valence-electron chi connectivity index (χ1n) is 11.1. The van der Waals surface area contributed by atoms with Crippen molar-refractivity contribution in [2.75, 3.05) is 23.3 Å². The molecule has 0 unspecified atom stereocenters. The molecule has 0 spiro atoms. The van der Waals surface area contributed by atoms with Crippen molar-refractivity contribution in [1.82, 2.24) is 19.9 Å². The Bertz CT molecular complexity index is 1270. The van der Waals surface area contributed by atoms with E-state index in [2.05, 4.69) is 40.1 Å². The van der Waals surface area contributed by atoms with Crippen molar-refractivity contribution in [2.45, 2.75) is 46.1 Å². The van der Waals surface area contributed by atoms with E-state index in [1.807, 2.05) is 12.3 Å². The lowest BCUT2D eigenvalue weighted by Gasteiger charge is -2.21. The number of hydrogen-bond donors (Lipinski definition) is 1. The summed E-state index contributed by atoms with van der Waals surface area (Å²) in [4.78, 5) is 22.3. The molecule has 4 aromatic rings. The van der Waals surface area contributed by atoms with E-state index in [1.54, 1.807) is 23.9 Å². The van der Waals surface area contributed by atoms with Crippen LogP contribution in [0.5, 0.6) is 0 Å². The number of fused-ring (bicyclic) bond motifs is 5. The van der Waals surface area contributed by atoms with E-state index in [0.29, 0.717) is 6.54 Å². The molecule has 7 heteroatoms. The van der Waals surface area contributed by atoms with Crippen LogP contribution in [0.25, 0.3) is 20.4 Å². The summed E-state index contributed by atoms with van der Waals surface area (Å²) >= 11 is 1.72. The van der Waals surface area contributed by atoms with Gasteiger partial charge in [-0.15, -0.1) is 11.3 Å². The molecule has 4 aromatic heterocycles. The summed E-state index contributed by atoms with van der Waals surface area (Å²) in [6, 6.07) is 4.03. The standard InChI is InChI=1S/C24H26N6S/c1-24(2)10-16-17(11-24)22(30-8-3-4-9-30)29-23-18(16)19-20(31-23)21(28-14-27-19)26-13-15-6-5-7-25-12-15/h5-7,12,14H,3-4,8-11,13H2,1-2H3,(H,26,27,28). The van der Waals surface area contributed by atoms with E-state index >= 15 is 0 Å². The first-order valence-corrected chi connectivity index (χ1v) is 11.9. The van der Waals surface area contributed by atoms with Crippen LogP contribution in [0, 0.1) is 5.41 Å². The summed E-state index contributed by atoms with van der Waals surface area (Å²) in [6.45, 7) is 7.67. The number of pyridine rings is 2. The summed E-state index contributed by atoms with van der Waals surface area (Å²) in [5.74, 6) is 2.10. The third-order valence-corrected chi connectivity index (χ3v) is 7.58. The maximum atomic E-state index is 5.23.